The summed E-state index contributed by atoms with van der Waals surface area (Å²) in [6.45, 7) is 2.04. The van der Waals surface area contributed by atoms with Crippen molar-refractivity contribution in [1.82, 2.24) is 5.32 Å². The Morgan fingerprint density at radius 2 is 2.38 bits per heavy atom. The predicted molar refractivity (Wildman–Crippen MR) is 34.6 cm³/mol. The number of nitrogens with one attached hydrogen (secondary N) is 1. The molecule has 0 unspecified atom stereocenters. The third-order valence-electron chi connectivity index (χ3n) is 1.84. The van der Waals surface area contributed by atoms with Crippen molar-refractivity contribution in [3.05, 3.63) is 0 Å². The SMILES string of the molecule is CNC[C@H]1C[C@@H]1CN. The second-order valence-electron chi connectivity index (χ2n) is 2.55. The molecule has 1 aliphatic rings. The second-order valence-corrected chi connectivity index (χ2v) is 2.55. The molecule has 0 amide bonds. The van der Waals surface area contributed by atoms with Crippen molar-refractivity contribution in [2.75, 3.05) is 20.1 Å². The van der Waals surface area contributed by atoms with Crippen molar-refractivity contribution >= 4 is 0 Å². The molecular formula is C6H14N2. The standard InChI is InChI=1S/C6H14N2/c1-8-4-6-2-5(6)3-7/h5-6,8H,2-4,7H2,1H3/t5-,6-/m1/s1. The molecule has 1 rings (SSSR count). The highest BCUT2D eigenvalue weighted by Gasteiger charge is 2.34. The Hall–Kier alpha value is -0.0800. The van der Waals surface area contributed by atoms with Gasteiger partial charge < -0.3 is 11.1 Å². The normalized spacial score (nSPS) is 35.2. The number of rotatable bonds is 3. The third-order valence-corrected chi connectivity index (χ3v) is 1.84. The van der Waals surface area contributed by atoms with Crippen molar-refractivity contribution in [2.45, 2.75) is 6.42 Å². The Morgan fingerprint density at radius 3 is 2.75 bits per heavy atom. The largest absolute Gasteiger partial charge is 0.330 e. The molecule has 1 aliphatic carbocycles. The Labute approximate surface area is 50.4 Å². The molecule has 0 saturated heterocycles. The Balaban J connectivity index is 1.99. The minimum atomic E-state index is 0.836. The van der Waals surface area contributed by atoms with E-state index in [0.717, 1.165) is 24.9 Å². The van der Waals surface area contributed by atoms with Gasteiger partial charge in [0.2, 0.25) is 0 Å². The van der Waals surface area contributed by atoms with Crippen LogP contribution in [0, 0.1) is 11.8 Å². The first-order valence-electron chi connectivity index (χ1n) is 3.23. The first-order chi connectivity index (χ1) is 3.88. The van der Waals surface area contributed by atoms with Gasteiger partial charge in [0.05, 0.1) is 0 Å². The fourth-order valence-electron chi connectivity index (χ4n) is 1.11. The van der Waals surface area contributed by atoms with Gasteiger partial charge in [-0.3, -0.25) is 0 Å². The molecule has 0 aromatic carbocycles. The minimum absolute atomic E-state index is 0.836. The fraction of sp³-hybridized carbons (Fsp3) is 1.00. The van der Waals surface area contributed by atoms with Crippen LogP contribution in [0.5, 0.6) is 0 Å². The van der Waals surface area contributed by atoms with E-state index in [2.05, 4.69) is 5.32 Å². The van der Waals surface area contributed by atoms with Crippen LogP contribution < -0.4 is 11.1 Å². The van der Waals surface area contributed by atoms with Crippen molar-refractivity contribution < 1.29 is 0 Å². The first kappa shape index (κ1) is 6.05. The van der Waals surface area contributed by atoms with Gasteiger partial charge in [0.25, 0.3) is 0 Å². The van der Waals surface area contributed by atoms with Gasteiger partial charge in [0.1, 0.15) is 0 Å². The van der Waals surface area contributed by atoms with Crippen molar-refractivity contribution in [2.24, 2.45) is 17.6 Å². The zero-order chi connectivity index (χ0) is 5.98. The molecule has 0 aromatic rings. The molecule has 0 aromatic heterocycles. The molecule has 3 N–H and O–H groups in total. The highest BCUT2D eigenvalue weighted by Crippen LogP contribution is 2.36. The monoisotopic (exact) mass is 114 g/mol. The van der Waals surface area contributed by atoms with E-state index in [-0.39, 0.29) is 0 Å². The van der Waals surface area contributed by atoms with Gasteiger partial charge in [-0.25, -0.2) is 0 Å². The summed E-state index contributed by atoms with van der Waals surface area (Å²) >= 11 is 0. The Bertz CT molecular complexity index is 72.9. The van der Waals surface area contributed by atoms with Crippen molar-refractivity contribution in [1.29, 1.82) is 0 Å². The maximum atomic E-state index is 5.43. The topological polar surface area (TPSA) is 38.0 Å². The van der Waals surface area contributed by atoms with Crippen LogP contribution in [0.15, 0.2) is 0 Å². The molecule has 48 valence electrons. The molecule has 1 saturated carbocycles. The third kappa shape index (κ3) is 1.20. The first-order valence-corrected chi connectivity index (χ1v) is 3.23. The molecule has 0 heterocycles. The van der Waals surface area contributed by atoms with E-state index >= 15 is 0 Å². The average Bonchev–Trinajstić information content (AvgIpc) is 2.48. The summed E-state index contributed by atoms with van der Waals surface area (Å²) in [5, 5.41) is 3.14. The lowest BCUT2D eigenvalue weighted by Crippen LogP contribution is -2.12. The lowest BCUT2D eigenvalue weighted by Gasteiger charge is -1.92. The van der Waals surface area contributed by atoms with E-state index in [1.165, 1.54) is 6.42 Å². The van der Waals surface area contributed by atoms with Crippen LogP contribution in [0.2, 0.25) is 0 Å². The van der Waals surface area contributed by atoms with Gasteiger partial charge in [0, 0.05) is 0 Å². The predicted octanol–water partition coefficient (Wildman–Crippen LogP) is -0.199. The maximum absolute atomic E-state index is 5.43. The number of hydrogen-bond donors (Lipinski definition) is 2. The van der Waals surface area contributed by atoms with Crippen molar-refractivity contribution in [3.8, 4) is 0 Å². The summed E-state index contributed by atoms with van der Waals surface area (Å²) in [5.41, 5.74) is 5.43. The summed E-state index contributed by atoms with van der Waals surface area (Å²) in [7, 11) is 1.99. The van der Waals surface area contributed by atoms with Gasteiger partial charge in [0.15, 0.2) is 0 Å². The lowest BCUT2D eigenvalue weighted by atomic mass is 10.3. The Morgan fingerprint density at radius 1 is 1.62 bits per heavy atom. The van der Waals surface area contributed by atoms with Crippen LogP contribution in [0.3, 0.4) is 0 Å². The van der Waals surface area contributed by atoms with Crippen LogP contribution in [-0.4, -0.2) is 20.1 Å². The average molecular weight is 114 g/mol. The molecule has 2 nitrogen and oxygen atoms in total. The summed E-state index contributed by atoms with van der Waals surface area (Å²) in [5.74, 6) is 1.73. The van der Waals surface area contributed by atoms with Crippen LogP contribution >= 0.6 is 0 Å². The van der Waals surface area contributed by atoms with E-state index < -0.39 is 0 Å². The molecular weight excluding hydrogens is 100 g/mol. The molecule has 2 atom stereocenters. The molecule has 2 heteroatoms. The van der Waals surface area contributed by atoms with Crippen LogP contribution in [0.25, 0.3) is 0 Å². The molecule has 0 spiro atoms. The summed E-state index contributed by atoms with van der Waals surface area (Å²) in [4.78, 5) is 0. The minimum Gasteiger partial charge on any atom is -0.330 e. The summed E-state index contributed by atoms with van der Waals surface area (Å²) in [6.07, 6.45) is 1.34. The highest BCUT2D eigenvalue weighted by molar-refractivity contribution is 4.87. The van der Waals surface area contributed by atoms with Gasteiger partial charge in [-0.1, -0.05) is 0 Å². The van der Waals surface area contributed by atoms with Crippen LogP contribution in [0.1, 0.15) is 6.42 Å². The fourth-order valence-corrected chi connectivity index (χ4v) is 1.11. The lowest BCUT2D eigenvalue weighted by molar-refractivity contribution is 0.651. The number of nitrogens with two attached hydrogens (primary N) is 1. The van der Waals surface area contributed by atoms with E-state index in [1.807, 2.05) is 7.05 Å². The van der Waals surface area contributed by atoms with Crippen LogP contribution in [0.4, 0.5) is 0 Å². The van der Waals surface area contributed by atoms with E-state index in [9.17, 15) is 0 Å². The zero-order valence-corrected chi connectivity index (χ0v) is 5.35. The summed E-state index contributed by atoms with van der Waals surface area (Å²) in [6, 6.07) is 0. The molecule has 0 radical (unpaired) electrons. The van der Waals surface area contributed by atoms with E-state index in [0.29, 0.717) is 0 Å². The maximum Gasteiger partial charge on any atom is -0.00203 e. The van der Waals surface area contributed by atoms with Gasteiger partial charge >= 0.3 is 0 Å². The van der Waals surface area contributed by atoms with E-state index in [1.54, 1.807) is 0 Å². The van der Waals surface area contributed by atoms with Crippen LogP contribution in [-0.2, 0) is 0 Å². The molecule has 8 heavy (non-hydrogen) atoms. The Kier molecular flexibility index (Phi) is 1.86. The number of hydrogen-bond acceptors (Lipinski definition) is 2. The quantitative estimate of drug-likeness (QED) is 0.533. The second kappa shape index (κ2) is 2.46. The molecule has 0 bridgehead atoms. The van der Waals surface area contributed by atoms with Gasteiger partial charge in [-0.15, -0.1) is 0 Å². The van der Waals surface area contributed by atoms with Gasteiger partial charge in [-0.2, -0.15) is 0 Å². The van der Waals surface area contributed by atoms with E-state index in [4.69, 9.17) is 5.73 Å². The smallest absolute Gasteiger partial charge is 0.00203 e. The molecule has 0 aliphatic heterocycles. The molecule has 1 fully saturated rings. The zero-order valence-electron chi connectivity index (χ0n) is 5.35. The van der Waals surface area contributed by atoms with Crippen molar-refractivity contribution in [3.63, 3.8) is 0 Å². The summed E-state index contributed by atoms with van der Waals surface area (Å²) < 4.78 is 0. The highest BCUT2D eigenvalue weighted by atomic mass is 14.8. The van der Waals surface area contributed by atoms with Gasteiger partial charge in [-0.05, 0) is 38.4 Å².